The summed E-state index contributed by atoms with van der Waals surface area (Å²) in [6.45, 7) is 11.9. The quantitative estimate of drug-likeness (QED) is 0.636. The van der Waals surface area contributed by atoms with Gasteiger partial charge >= 0.3 is 0 Å². The summed E-state index contributed by atoms with van der Waals surface area (Å²) in [7, 11) is 0. The maximum Gasteiger partial charge on any atom is 0.0101 e. The van der Waals surface area contributed by atoms with Crippen LogP contribution in [-0.2, 0) is 0 Å². The van der Waals surface area contributed by atoms with Crippen LogP contribution in [0.15, 0.2) is 0 Å². The Morgan fingerprint density at radius 3 is 2.38 bits per heavy atom. The lowest BCUT2D eigenvalue weighted by molar-refractivity contribution is 0.199. The molecule has 0 unspecified atom stereocenters. The summed E-state index contributed by atoms with van der Waals surface area (Å²) < 4.78 is 0. The number of hydrogen-bond acceptors (Lipinski definition) is 1. The summed E-state index contributed by atoms with van der Waals surface area (Å²) in [4.78, 5) is 2.63. The molecule has 80 valence electrons. The van der Waals surface area contributed by atoms with Crippen LogP contribution in [0.1, 0.15) is 54.4 Å². The SMILES string of the molecule is C.CCN1CCC[C@H]1CC(C)(C)C. The topological polar surface area (TPSA) is 3.24 Å². The van der Waals surface area contributed by atoms with Crippen LogP contribution in [0.25, 0.3) is 0 Å². The molecule has 0 radical (unpaired) electrons. The zero-order valence-electron chi connectivity index (χ0n) is 9.06. The van der Waals surface area contributed by atoms with Gasteiger partial charge in [0.25, 0.3) is 0 Å². The van der Waals surface area contributed by atoms with E-state index in [2.05, 4.69) is 32.6 Å². The molecule has 0 aromatic heterocycles. The Labute approximate surface area is 84.5 Å². The van der Waals surface area contributed by atoms with E-state index in [1.54, 1.807) is 0 Å². The average molecular weight is 185 g/mol. The normalized spacial score (nSPS) is 24.5. The van der Waals surface area contributed by atoms with E-state index in [-0.39, 0.29) is 7.43 Å². The predicted molar refractivity (Wildman–Crippen MR) is 61.1 cm³/mol. The van der Waals surface area contributed by atoms with Crippen LogP contribution in [-0.4, -0.2) is 24.0 Å². The standard InChI is InChI=1S/C11H23N.CH4/c1-5-12-8-6-7-10(12)9-11(2,3)4;/h10H,5-9H2,1-4H3;1H4/t10-;/m0./s1. The minimum absolute atomic E-state index is 0. The van der Waals surface area contributed by atoms with Crippen molar-refractivity contribution in [2.75, 3.05) is 13.1 Å². The highest BCUT2D eigenvalue weighted by atomic mass is 15.2. The van der Waals surface area contributed by atoms with E-state index < -0.39 is 0 Å². The number of rotatable bonds is 2. The van der Waals surface area contributed by atoms with Gasteiger partial charge < -0.3 is 4.90 Å². The fourth-order valence-electron chi connectivity index (χ4n) is 2.25. The van der Waals surface area contributed by atoms with Crippen LogP contribution in [0.2, 0.25) is 0 Å². The Balaban J connectivity index is 0.00000144. The first-order valence-electron chi connectivity index (χ1n) is 5.27. The molecule has 0 amide bonds. The predicted octanol–water partition coefficient (Wildman–Crippen LogP) is 3.54. The van der Waals surface area contributed by atoms with Gasteiger partial charge in [0, 0.05) is 6.04 Å². The third-order valence-electron chi connectivity index (χ3n) is 2.75. The van der Waals surface area contributed by atoms with Gasteiger partial charge in [-0.3, -0.25) is 0 Å². The molecular formula is C12H27N. The third kappa shape index (κ3) is 4.12. The number of nitrogens with zero attached hydrogens (tertiary/aromatic N) is 1. The Kier molecular flexibility index (Phi) is 4.98. The molecule has 1 heterocycles. The molecule has 1 aliphatic rings. The molecule has 0 aromatic carbocycles. The van der Waals surface area contributed by atoms with Gasteiger partial charge in [-0.25, -0.2) is 0 Å². The van der Waals surface area contributed by atoms with Crippen molar-refractivity contribution >= 4 is 0 Å². The fourth-order valence-corrected chi connectivity index (χ4v) is 2.25. The van der Waals surface area contributed by atoms with E-state index in [0.29, 0.717) is 5.41 Å². The number of likely N-dealkylation sites (tertiary alicyclic amines) is 1. The van der Waals surface area contributed by atoms with Gasteiger partial charge in [0.1, 0.15) is 0 Å². The first-order valence-corrected chi connectivity index (χ1v) is 5.27. The molecule has 0 spiro atoms. The molecule has 0 aromatic rings. The highest BCUT2D eigenvalue weighted by Gasteiger charge is 2.26. The maximum atomic E-state index is 2.63. The van der Waals surface area contributed by atoms with Crippen LogP contribution in [0.5, 0.6) is 0 Å². The van der Waals surface area contributed by atoms with Crippen molar-refractivity contribution in [2.24, 2.45) is 5.41 Å². The van der Waals surface area contributed by atoms with Crippen molar-refractivity contribution < 1.29 is 0 Å². The summed E-state index contributed by atoms with van der Waals surface area (Å²) in [5, 5.41) is 0. The summed E-state index contributed by atoms with van der Waals surface area (Å²) >= 11 is 0. The molecule has 1 atom stereocenters. The Morgan fingerprint density at radius 2 is 1.92 bits per heavy atom. The molecule has 1 saturated heterocycles. The molecule has 1 fully saturated rings. The second-order valence-electron chi connectivity index (χ2n) is 5.19. The van der Waals surface area contributed by atoms with Crippen LogP contribution < -0.4 is 0 Å². The van der Waals surface area contributed by atoms with Gasteiger partial charge in [-0.2, -0.15) is 0 Å². The van der Waals surface area contributed by atoms with Crippen molar-refractivity contribution in [2.45, 2.75) is 60.4 Å². The van der Waals surface area contributed by atoms with Gasteiger partial charge in [-0.05, 0) is 37.8 Å². The smallest absolute Gasteiger partial charge is 0.0101 e. The maximum absolute atomic E-state index is 2.63. The van der Waals surface area contributed by atoms with Gasteiger partial charge in [0.15, 0.2) is 0 Å². The number of hydrogen-bond donors (Lipinski definition) is 0. The van der Waals surface area contributed by atoms with Crippen molar-refractivity contribution in [3.63, 3.8) is 0 Å². The molecule has 0 N–H and O–H groups in total. The minimum Gasteiger partial charge on any atom is -0.301 e. The first kappa shape index (κ1) is 13.0. The lowest BCUT2D eigenvalue weighted by Gasteiger charge is -2.29. The lowest BCUT2D eigenvalue weighted by Crippen LogP contribution is -2.32. The zero-order valence-corrected chi connectivity index (χ0v) is 9.06. The third-order valence-corrected chi connectivity index (χ3v) is 2.75. The minimum atomic E-state index is 0. The second-order valence-corrected chi connectivity index (χ2v) is 5.19. The molecule has 1 aliphatic heterocycles. The van der Waals surface area contributed by atoms with Gasteiger partial charge in [-0.1, -0.05) is 35.1 Å². The molecule has 1 nitrogen and oxygen atoms in total. The van der Waals surface area contributed by atoms with Crippen molar-refractivity contribution in [3.05, 3.63) is 0 Å². The van der Waals surface area contributed by atoms with Crippen molar-refractivity contribution in [1.29, 1.82) is 0 Å². The zero-order chi connectivity index (χ0) is 9.19. The summed E-state index contributed by atoms with van der Waals surface area (Å²) in [6.07, 6.45) is 4.19. The van der Waals surface area contributed by atoms with Crippen molar-refractivity contribution in [3.8, 4) is 0 Å². The molecule has 1 rings (SSSR count). The Bertz CT molecular complexity index is 135. The molecule has 1 heteroatoms. The molecule has 0 saturated carbocycles. The summed E-state index contributed by atoms with van der Waals surface area (Å²) in [5.74, 6) is 0. The summed E-state index contributed by atoms with van der Waals surface area (Å²) in [6, 6.07) is 0.870. The van der Waals surface area contributed by atoms with Gasteiger partial charge in [0.05, 0.1) is 0 Å². The highest BCUT2D eigenvalue weighted by molar-refractivity contribution is 4.82. The van der Waals surface area contributed by atoms with E-state index >= 15 is 0 Å². The van der Waals surface area contributed by atoms with Crippen LogP contribution in [0.4, 0.5) is 0 Å². The van der Waals surface area contributed by atoms with Crippen LogP contribution in [0, 0.1) is 5.41 Å². The van der Waals surface area contributed by atoms with E-state index in [1.165, 1.54) is 32.4 Å². The van der Waals surface area contributed by atoms with Crippen molar-refractivity contribution in [1.82, 2.24) is 4.90 Å². The Hall–Kier alpha value is -0.0400. The second kappa shape index (κ2) is 4.99. The van der Waals surface area contributed by atoms with Crippen LogP contribution >= 0.6 is 0 Å². The first-order chi connectivity index (χ1) is 5.53. The molecule has 13 heavy (non-hydrogen) atoms. The van der Waals surface area contributed by atoms with Crippen LogP contribution in [0.3, 0.4) is 0 Å². The highest BCUT2D eigenvalue weighted by Crippen LogP contribution is 2.29. The van der Waals surface area contributed by atoms with Gasteiger partial charge in [0.2, 0.25) is 0 Å². The van der Waals surface area contributed by atoms with E-state index in [9.17, 15) is 0 Å². The van der Waals surface area contributed by atoms with E-state index in [1.807, 2.05) is 0 Å². The monoisotopic (exact) mass is 185 g/mol. The molecule has 0 bridgehead atoms. The largest absolute Gasteiger partial charge is 0.301 e. The van der Waals surface area contributed by atoms with Gasteiger partial charge in [-0.15, -0.1) is 0 Å². The fraction of sp³-hybridized carbons (Fsp3) is 1.00. The molecular weight excluding hydrogens is 158 g/mol. The summed E-state index contributed by atoms with van der Waals surface area (Å²) in [5.41, 5.74) is 0.502. The van der Waals surface area contributed by atoms with E-state index in [0.717, 1.165) is 6.04 Å². The Morgan fingerprint density at radius 1 is 1.31 bits per heavy atom. The lowest BCUT2D eigenvalue weighted by atomic mass is 9.87. The molecule has 0 aliphatic carbocycles. The average Bonchev–Trinajstić information content (AvgIpc) is 2.31. The van der Waals surface area contributed by atoms with E-state index in [4.69, 9.17) is 0 Å².